The second-order valence-electron chi connectivity index (χ2n) is 5.07. The number of carbonyl (C=O) groups is 2. The van der Waals surface area contributed by atoms with Crippen LogP contribution in [0.1, 0.15) is 26.2 Å². The molecule has 2 fully saturated rings. The Morgan fingerprint density at radius 3 is 2.50 bits per heavy atom. The summed E-state index contributed by atoms with van der Waals surface area (Å²) in [4.78, 5) is 23.5. The molecule has 2 heterocycles. The summed E-state index contributed by atoms with van der Waals surface area (Å²) in [7, 11) is 0. The van der Waals surface area contributed by atoms with Crippen molar-refractivity contribution in [3.63, 3.8) is 0 Å². The Labute approximate surface area is 106 Å². The lowest BCUT2D eigenvalue weighted by Crippen LogP contribution is -2.58. The first-order valence-corrected chi connectivity index (χ1v) is 6.28. The first kappa shape index (κ1) is 13.3. The highest BCUT2D eigenvalue weighted by atomic mass is 16.5. The molecule has 0 aliphatic carbocycles. The summed E-state index contributed by atoms with van der Waals surface area (Å²) < 4.78 is 10.5. The van der Waals surface area contributed by atoms with Crippen LogP contribution in [-0.2, 0) is 19.1 Å². The molecule has 102 valence electrons. The van der Waals surface area contributed by atoms with Gasteiger partial charge in [-0.25, -0.2) is 4.79 Å². The number of aliphatic carboxylic acids is 1. The Kier molecular flexibility index (Phi) is 3.87. The second-order valence-corrected chi connectivity index (χ2v) is 5.07. The zero-order valence-electron chi connectivity index (χ0n) is 10.5. The van der Waals surface area contributed by atoms with Crippen molar-refractivity contribution in [3.05, 3.63) is 0 Å². The normalized spacial score (nSPS) is 30.9. The summed E-state index contributed by atoms with van der Waals surface area (Å²) in [6.45, 7) is 3.02. The Bertz CT molecular complexity index is 337. The van der Waals surface area contributed by atoms with Gasteiger partial charge in [0.1, 0.15) is 5.54 Å². The minimum absolute atomic E-state index is 0.0659. The molecule has 2 N–H and O–H groups in total. The monoisotopic (exact) mass is 257 g/mol. The molecule has 2 saturated heterocycles. The number of carboxylic acid groups (broad SMARTS) is 1. The molecule has 0 aromatic rings. The maximum absolute atomic E-state index is 12.1. The molecule has 0 saturated carbocycles. The van der Waals surface area contributed by atoms with Crippen molar-refractivity contribution in [1.82, 2.24) is 5.32 Å². The Morgan fingerprint density at radius 2 is 2.00 bits per heavy atom. The zero-order chi connectivity index (χ0) is 13.2. The van der Waals surface area contributed by atoms with Gasteiger partial charge in [-0.15, -0.1) is 0 Å². The fourth-order valence-corrected chi connectivity index (χ4v) is 2.45. The third kappa shape index (κ3) is 2.64. The third-order valence-electron chi connectivity index (χ3n) is 3.69. The Hall–Kier alpha value is -1.14. The number of hydrogen-bond acceptors (Lipinski definition) is 4. The van der Waals surface area contributed by atoms with E-state index in [-0.39, 0.29) is 17.9 Å². The molecule has 2 aliphatic heterocycles. The van der Waals surface area contributed by atoms with Crippen LogP contribution in [0.5, 0.6) is 0 Å². The van der Waals surface area contributed by atoms with Crippen LogP contribution in [-0.4, -0.2) is 48.4 Å². The van der Waals surface area contributed by atoms with Crippen LogP contribution in [0.3, 0.4) is 0 Å². The molecule has 1 amide bonds. The van der Waals surface area contributed by atoms with Gasteiger partial charge >= 0.3 is 5.97 Å². The number of carbonyl (C=O) groups excluding carboxylic acids is 1. The number of nitrogens with one attached hydrogen (secondary N) is 1. The van der Waals surface area contributed by atoms with E-state index in [0.29, 0.717) is 39.1 Å². The van der Waals surface area contributed by atoms with Crippen LogP contribution in [0.4, 0.5) is 0 Å². The quantitative estimate of drug-likeness (QED) is 0.752. The zero-order valence-corrected chi connectivity index (χ0v) is 10.5. The molecule has 0 radical (unpaired) electrons. The van der Waals surface area contributed by atoms with E-state index in [1.54, 1.807) is 0 Å². The maximum Gasteiger partial charge on any atom is 0.329 e. The van der Waals surface area contributed by atoms with E-state index in [2.05, 4.69) is 5.32 Å². The molecule has 2 unspecified atom stereocenters. The minimum atomic E-state index is -1.17. The standard InChI is InChI=1S/C12H19NO5/c1-8-6-9(7-18-8)10(14)13-12(11(15)16)2-4-17-5-3-12/h8-9H,2-7H2,1H3,(H,13,14)(H,15,16). The number of amides is 1. The van der Waals surface area contributed by atoms with Crippen molar-refractivity contribution in [2.75, 3.05) is 19.8 Å². The average molecular weight is 257 g/mol. The van der Waals surface area contributed by atoms with Crippen LogP contribution >= 0.6 is 0 Å². The van der Waals surface area contributed by atoms with Gasteiger partial charge in [0.2, 0.25) is 5.91 Å². The Balaban J connectivity index is 2.00. The van der Waals surface area contributed by atoms with Gasteiger partial charge < -0.3 is 19.9 Å². The van der Waals surface area contributed by atoms with Crippen LogP contribution in [0.2, 0.25) is 0 Å². The first-order chi connectivity index (χ1) is 8.53. The topological polar surface area (TPSA) is 84.9 Å². The molecule has 18 heavy (non-hydrogen) atoms. The van der Waals surface area contributed by atoms with Gasteiger partial charge in [-0.3, -0.25) is 4.79 Å². The van der Waals surface area contributed by atoms with Gasteiger partial charge in [-0.2, -0.15) is 0 Å². The fraction of sp³-hybridized carbons (Fsp3) is 0.833. The van der Waals surface area contributed by atoms with Crippen LogP contribution < -0.4 is 5.32 Å². The lowest BCUT2D eigenvalue weighted by atomic mass is 9.89. The number of ether oxygens (including phenoxy) is 2. The average Bonchev–Trinajstić information content (AvgIpc) is 2.77. The fourth-order valence-electron chi connectivity index (χ4n) is 2.45. The molecule has 2 aliphatic rings. The van der Waals surface area contributed by atoms with E-state index in [9.17, 15) is 14.7 Å². The van der Waals surface area contributed by atoms with Crippen molar-refractivity contribution >= 4 is 11.9 Å². The largest absolute Gasteiger partial charge is 0.480 e. The van der Waals surface area contributed by atoms with Gasteiger partial charge in [0, 0.05) is 26.1 Å². The SMILES string of the molecule is CC1CC(C(=O)NC2(C(=O)O)CCOCC2)CO1. The van der Waals surface area contributed by atoms with E-state index in [0.717, 1.165) is 0 Å². The van der Waals surface area contributed by atoms with Gasteiger partial charge in [0.05, 0.1) is 18.6 Å². The van der Waals surface area contributed by atoms with Crippen molar-refractivity contribution in [2.24, 2.45) is 5.92 Å². The lowest BCUT2D eigenvalue weighted by molar-refractivity contribution is -0.152. The highest BCUT2D eigenvalue weighted by molar-refractivity contribution is 5.88. The summed E-state index contributed by atoms with van der Waals surface area (Å²) in [5.41, 5.74) is -1.17. The number of carboxylic acids is 1. The molecule has 0 aromatic carbocycles. The highest BCUT2D eigenvalue weighted by Crippen LogP contribution is 2.24. The van der Waals surface area contributed by atoms with Gasteiger partial charge in [-0.05, 0) is 13.3 Å². The van der Waals surface area contributed by atoms with Crippen molar-refractivity contribution in [2.45, 2.75) is 37.8 Å². The van der Waals surface area contributed by atoms with Crippen molar-refractivity contribution in [1.29, 1.82) is 0 Å². The predicted octanol–water partition coefficient (Wildman–Crippen LogP) is 0.161. The summed E-state index contributed by atoms with van der Waals surface area (Å²) in [5.74, 6) is -1.44. The van der Waals surface area contributed by atoms with Crippen LogP contribution in [0, 0.1) is 5.92 Å². The van der Waals surface area contributed by atoms with Gasteiger partial charge in [0.15, 0.2) is 0 Å². The van der Waals surface area contributed by atoms with E-state index < -0.39 is 11.5 Å². The Morgan fingerprint density at radius 1 is 1.33 bits per heavy atom. The second kappa shape index (κ2) is 5.24. The molecule has 6 nitrogen and oxygen atoms in total. The predicted molar refractivity (Wildman–Crippen MR) is 62.1 cm³/mol. The summed E-state index contributed by atoms with van der Waals surface area (Å²) >= 11 is 0. The number of rotatable bonds is 3. The molecule has 2 rings (SSSR count). The van der Waals surface area contributed by atoms with Crippen molar-refractivity contribution < 1.29 is 24.2 Å². The number of hydrogen-bond donors (Lipinski definition) is 2. The molecule has 0 aromatic heterocycles. The summed E-state index contributed by atoms with van der Waals surface area (Å²) in [5, 5.41) is 12.0. The molecule has 2 atom stereocenters. The molecule has 0 bridgehead atoms. The van der Waals surface area contributed by atoms with E-state index in [4.69, 9.17) is 9.47 Å². The smallest absolute Gasteiger partial charge is 0.329 e. The summed E-state index contributed by atoms with van der Waals surface area (Å²) in [6, 6.07) is 0. The lowest BCUT2D eigenvalue weighted by Gasteiger charge is -2.34. The van der Waals surface area contributed by atoms with E-state index in [1.165, 1.54) is 0 Å². The molecule has 0 spiro atoms. The minimum Gasteiger partial charge on any atom is -0.480 e. The van der Waals surface area contributed by atoms with Gasteiger partial charge in [0.25, 0.3) is 0 Å². The first-order valence-electron chi connectivity index (χ1n) is 6.28. The van der Waals surface area contributed by atoms with Gasteiger partial charge in [-0.1, -0.05) is 0 Å². The van der Waals surface area contributed by atoms with E-state index >= 15 is 0 Å². The summed E-state index contributed by atoms with van der Waals surface area (Å²) in [6.07, 6.45) is 1.35. The molecular formula is C12H19NO5. The van der Waals surface area contributed by atoms with E-state index in [1.807, 2.05) is 6.92 Å². The molecule has 6 heteroatoms. The maximum atomic E-state index is 12.1. The van der Waals surface area contributed by atoms with Crippen LogP contribution in [0.25, 0.3) is 0 Å². The highest BCUT2D eigenvalue weighted by Gasteiger charge is 2.43. The van der Waals surface area contributed by atoms with Crippen LogP contribution in [0.15, 0.2) is 0 Å². The molecular weight excluding hydrogens is 238 g/mol. The third-order valence-corrected chi connectivity index (χ3v) is 3.69. The van der Waals surface area contributed by atoms with Crippen molar-refractivity contribution in [3.8, 4) is 0 Å².